The smallest absolute Gasteiger partial charge is 0.188 e. The average molecular weight is 289 g/mol. The molecule has 0 spiro atoms. The molecule has 0 bridgehead atoms. The van der Waals surface area contributed by atoms with Crippen molar-refractivity contribution in [3.8, 4) is 0 Å². The highest BCUT2D eigenvalue weighted by atomic mass is 35.5. The van der Waals surface area contributed by atoms with Gasteiger partial charge in [-0.05, 0) is 43.2 Å². The third kappa shape index (κ3) is 2.44. The van der Waals surface area contributed by atoms with E-state index in [0.717, 1.165) is 26.9 Å². The van der Waals surface area contributed by atoms with Gasteiger partial charge in [-0.25, -0.2) is 4.98 Å². The van der Waals surface area contributed by atoms with Gasteiger partial charge in [-0.2, -0.15) is 0 Å². The molecule has 96 valence electrons. The van der Waals surface area contributed by atoms with Crippen molar-refractivity contribution in [1.29, 1.82) is 0 Å². The Bertz CT molecular complexity index is 729. The van der Waals surface area contributed by atoms with Crippen LogP contribution in [-0.2, 0) is 0 Å². The molecule has 3 rings (SSSR count). The minimum Gasteiger partial charge on any atom is -0.330 e. The largest absolute Gasteiger partial charge is 0.330 e. The number of para-hydroxylation sites is 1. The summed E-state index contributed by atoms with van der Waals surface area (Å²) in [6.45, 7) is 4.11. The van der Waals surface area contributed by atoms with E-state index in [2.05, 4.69) is 35.4 Å². The van der Waals surface area contributed by atoms with E-state index in [0.29, 0.717) is 0 Å². The summed E-state index contributed by atoms with van der Waals surface area (Å²) < 4.78 is 1.18. The molecule has 2 nitrogen and oxygen atoms in total. The first-order chi connectivity index (χ1) is 9.13. The van der Waals surface area contributed by atoms with E-state index in [1.165, 1.54) is 10.3 Å². The number of nitrogens with zero attached hydrogens (tertiary/aromatic N) is 1. The van der Waals surface area contributed by atoms with Crippen LogP contribution in [0.15, 0.2) is 36.4 Å². The molecule has 0 aliphatic heterocycles. The van der Waals surface area contributed by atoms with E-state index >= 15 is 0 Å². The normalized spacial score (nSPS) is 10.9. The lowest BCUT2D eigenvalue weighted by Gasteiger charge is -2.08. The Kier molecular flexibility index (Phi) is 3.17. The fraction of sp³-hybridized carbons (Fsp3) is 0.133. The van der Waals surface area contributed by atoms with Gasteiger partial charge in [0.1, 0.15) is 0 Å². The van der Waals surface area contributed by atoms with Gasteiger partial charge in [-0.3, -0.25) is 0 Å². The van der Waals surface area contributed by atoms with Crippen LogP contribution in [0.1, 0.15) is 11.1 Å². The van der Waals surface area contributed by atoms with Gasteiger partial charge in [-0.1, -0.05) is 41.1 Å². The summed E-state index contributed by atoms with van der Waals surface area (Å²) in [5.74, 6) is 0. The molecule has 3 aromatic rings. The van der Waals surface area contributed by atoms with Gasteiger partial charge in [0.15, 0.2) is 5.13 Å². The number of nitrogens with one attached hydrogen (secondary N) is 1. The molecule has 0 radical (unpaired) electrons. The van der Waals surface area contributed by atoms with Crippen molar-refractivity contribution in [2.75, 3.05) is 5.32 Å². The van der Waals surface area contributed by atoms with Crippen LogP contribution in [0.4, 0.5) is 10.8 Å². The van der Waals surface area contributed by atoms with Crippen molar-refractivity contribution in [2.45, 2.75) is 13.8 Å². The van der Waals surface area contributed by atoms with E-state index in [4.69, 9.17) is 11.6 Å². The molecule has 0 saturated carbocycles. The summed E-state index contributed by atoms with van der Waals surface area (Å²) in [6, 6.07) is 12.2. The number of hydrogen-bond acceptors (Lipinski definition) is 3. The van der Waals surface area contributed by atoms with Gasteiger partial charge in [-0.15, -0.1) is 0 Å². The van der Waals surface area contributed by atoms with Crippen molar-refractivity contribution < 1.29 is 0 Å². The molecule has 0 amide bonds. The molecule has 2 aromatic carbocycles. The maximum atomic E-state index is 6.22. The monoisotopic (exact) mass is 288 g/mol. The van der Waals surface area contributed by atoms with Crippen LogP contribution in [-0.4, -0.2) is 4.98 Å². The van der Waals surface area contributed by atoms with Crippen molar-refractivity contribution in [3.05, 3.63) is 52.5 Å². The summed E-state index contributed by atoms with van der Waals surface area (Å²) in [5, 5.41) is 4.91. The number of halogens is 1. The van der Waals surface area contributed by atoms with Crippen LogP contribution in [0.25, 0.3) is 10.2 Å². The van der Waals surface area contributed by atoms with Crippen molar-refractivity contribution in [1.82, 2.24) is 4.98 Å². The maximum Gasteiger partial charge on any atom is 0.188 e. The summed E-state index contributed by atoms with van der Waals surface area (Å²) in [6.07, 6.45) is 0. The average Bonchev–Trinajstić information content (AvgIpc) is 2.75. The summed E-state index contributed by atoms with van der Waals surface area (Å²) in [5.41, 5.74) is 4.29. The highest BCUT2D eigenvalue weighted by molar-refractivity contribution is 7.22. The number of aromatic nitrogens is 1. The topological polar surface area (TPSA) is 24.9 Å². The van der Waals surface area contributed by atoms with Crippen LogP contribution in [0.3, 0.4) is 0 Å². The molecule has 19 heavy (non-hydrogen) atoms. The van der Waals surface area contributed by atoms with Gasteiger partial charge in [0, 0.05) is 0 Å². The standard InChI is InChI=1S/C15H13ClN2S/c1-9-6-7-13-12(8-9)17-15(19-13)18-14-10(2)4-3-5-11(14)16/h3-8H,1-2H3,(H,17,18). The van der Waals surface area contributed by atoms with E-state index in [9.17, 15) is 0 Å². The fourth-order valence-electron chi connectivity index (χ4n) is 1.99. The Morgan fingerprint density at radius 3 is 2.79 bits per heavy atom. The zero-order valence-electron chi connectivity index (χ0n) is 10.7. The molecule has 0 unspecified atom stereocenters. The Morgan fingerprint density at radius 1 is 1.16 bits per heavy atom. The Balaban J connectivity index is 2.01. The second-order valence-corrected chi connectivity index (χ2v) is 5.98. The van der Waals surface area contributed by atoms with E-state index in [-0.39, 0.29) is 0 Å². The maximum absolute atomic E-state index is 6.22. The lowest BCUT2D eigenvalue weighted by Crippen LogP contribution is -1.93. The van der Waals surface area contributed by atoms with Crippen molar-refractivity contribution in [2.24, 2.45) is 0 Å². The summed E-state index contributed by atoms with van der Waals surface area (Å²) >= 11 is 7.86. The predicted octanol–water partition coefficient (Wildman–Crippen LogP) is 5.31. The number of anilines is 2. The molecule has 1 aromatic heterocycles. The van der Waals surface area contributed by atoms with Gasteiger partial charge in [0.2, 0.25) is 0 Å². The van der Waals surface area contributed by atoms with E-state index in [1.807, 2.05) is 25.1 Å². The number of thiazole rings is 1. The number of rotatable bonds is 2. The second kappa shape index (κ2) is 4.83. The van der Waals surface area contributed by atoms with Crippen LogP contribution >= 0.6 is 22.9 Å². The molecule has 0 fully saturated rings. The lowest BCUT2D eigenvalue weighted by atomic mass is 10.2. The number of aryl methyl sites for hydroxylation is 2. The molecular weight excluding hydrogens is 276 g/mol. The van der Waals surface area contributed by atoms with Crippen LogP contribution < -0.4 is 5.32 Å². The third-order valence-electron chi connectivity index (χ3n) is 3.00. The van der Waals surface area contributed by atoms with Crippen molar-refractivity contribution in [3.63, 3.8) is 0 Å². The van der Waals surface area contributed by atoms with Gasteiger partial charge in [0.05, 0.1) is 20.9 Å². The highest BCUT2D eigenvalue weighted by Crippen LogP contribution is 2.33. The van der Waals surface area contributed by atoms with Gasteiger partial charge in [0.25, 0.3) is 0 Å². The minimum absolute atomic E-state index is 0.718. The minimum atomic E-state index is 0.718. The molecule has 1 N–H and O–H groups in total. The third-order valence-corrected chi connectivity index (χ3v) is 4.26. The predicted molar refractivity (Wildman–Crippen MR) is 83.8 cm³/mol. The van der Waals surface area contributed by atoms with Crippen LogP contribution in [0.5, 0.6) is 0 Å². The fourth-order valence-corrected chi connectivity index (χ4v) is 3.11. The lowest BCUT2D eigenvalue weighted by molar-refractivity contribution is 1.39. The molecule has 4 heteroatoms. The Hall–Kier alpha value is -1.58. The molecule has 0 aliphatic rings. The second-order valence-electron chi connectivity index (χ2n) is 4.55. The Labute approximate surface area is 121 Å². The highest BCUT2D eigenvalue weighted by Gasteiger charge is 2.08. The number of benzene rings is 2. The molecule has 0 saturated heterocycles. The molecule has 1 heterocycles. The quantitative estimate of drug-likeness (QED) is 0.691. The van der Waals surface area contributed by atoms with Crippen LogP contribution in [0, 0.1) is 13.8 Å². The van der Waals surface area contributed by atoms with Gasteiger partial charge >= 0.3 is 0 Å². The summed E-state index contributed by atoms with van der Waals surface area (Å²) in [4.78, 5) is 4.60. The number of fused-ring (bicyclic) bond motifs is 1. The first-order valence-corrected chi connectivity index (χ1v) is 7.22. The SMILES string of the molecule is Cc1ccc2sc(Nc3c(C)cccc3Cl)nc2c1. The zero-order chi connectivity index (χ0) is 13.4. The van der Waals surface area contributed by atoms with Crippen LogP contribution in [0.2, 0.25) is 5.02 Å². The number of hydrogen-bond donors (Lipinski definition) is 1. The molecule has 0 aliphatic carbocycles. The van der Waals surface area contributed by atoms with E-state index < -0.39 is 0 Å². The molecule has 0 atom stereocenters. The van der Waals surface area contributed by atoms with Crippen molar-refractivity contribution >= 4 is 44.0 Å². The first-order valence-electron chi connectivity index (χ1n) is 6.03. The zero-order valence-corrected chi connectivity index (χ0v) is 12.3. The summed E-state index contributed by atoms with van der Waals surface area (Å²) in [7, 11) is 0. The first kappa shape index (κ1) is 12.5. The Morgan fingerprint density at radius 2 is 2.00 bits per heavy atom. The van der Waals surface area contributed by atoms with E-state index in [1.54, 1.807) is 11.3 Å². The van der Waals surface area contributed by atoms with Gasteiger partial charge < -0.3 is 5.32 Å². The molecular formula is C15H13ClN2S.